The zero-order chi connectivity index (χ0) is 16.2. The molecule has 3 rings (SSSR count). The van der Waals surface area contributed by atoms with Gasteiger partial charge < -0.3 is 14.2 Å². The highest BCUT2D eigenvalue weighted by molar-refractivity contribution is 5.91. The maximum atomic E-state index is 12.3. The van der Waals surface area contributed by atoms with Crippen molar-refractivity contribution in [1.29, 1.82) is 0 Å². The fraction of sp³-hybridized carbons (Fsp3) is 0.167. The van der Waals surface area contributed by atoms with Crippen LogP contribution in [-0.2, 0) is 11.3 Å². The van der Waals surface area contributed by atoms with Crippen molar-refractivity contribution in [3.05, 3.63) is 60.3 Å². The van der Waals surface area contributed by atoms with Gasteiger partial charge in [-0.15, -0.1) is 0 Å². The largest absolute Gasteiger partial charge is 0.493 e. The molecule has 1 aromatic heterocycles. The van der Waals surface area contributed by atoms with Crippen LogP contribution in [0.3, 0.4) is 0 Å². The topological polar surface area (TPSA) is 49.7 Å². The monoisotopic (exact) mass is 311 g/mol. The molecule has 0 radical (unpaired) electrons. The molecule has 0 amide bonds. The number of benzene rings is 2. The summed E-state index contributed by atoms with van der Waals surface area (Å²) in [4.78, 5) is 12.3. The molecule has 1 heterocycles. The molecular formula is C18H17NO4. The molecule has 0 spiro atoms. The number of fused-ring (bicyclic) bond motifs is 1. The summed E-state index contributed by atoms with van der Waals surface area (Å²) in [7, 11) is 3.14. The van der Waals surface area contributed by atoms with E-state index in [1.165, 1.54) is 4.57 Å². The molecular weight excluding hydrogens is 294 g/mol. The third-order valence-corrected chi connectivity index (χ3v) is 3.60. The third-order valence-electron chi connectivity index (χ3n) is 3.60. The van der Waals surface area contributed by atoms with Gasteiger partial charge >= 0.3 is 6.09 Å². The minimum Gasteiger partial charge on any atom is -0.493 e. The fourth-order valence-electron chi connectivity index (χ4n) is 2.41. The normalized spacial score (nSPS) is 10.5. The van der Waals surface area contributed by atoms with E-state index >= 15 is 0 Å². The Morgan fingerprint density at radius 2 is 1.70 bits per heavy atom. The molecule has 3 aromatic rings. The van der Waals surface area contributed by atoms with Crippen LogP contribution < -0.4 is 9.47 Å². The van der Waals surface area contributed by atoms with Gasteiger partial charge in [-0.1, -0.05) is 30.3 Å². The molecule has 118 valence electrons. The minimum atomic E-state index is -0.434. The van der Waals surface area contributed by atoms with Crippen molar-refractivity contribution >= 4 is 17.0 Å². The highest BCUT2D eigenvalue weighted by Crippen LogP contribution is 2.32. The Kier molecular flexibility index (Phi) is 4.19. The van der Waals surface area contributed by atoms with Crippen LogP contribution in [0, 0.1) is 0 Å². The van der Waals surface area contributed by atoms with Gasteiger partial charge in [0.1, 0.15) is 6.61 Å². The molecule has 0 aliphatic heterocycles. The Hall–Kier alpha value is -2.95. The van der Waals surface area contributed by atoms with Gasteiger partial charge in [-0.25, -0.2) is 4.79 Å². The van der Waals surface area contributed by atoms with Gasteiger partial charge in [0.2, 0.25) is 0 Å². The van der Waals surface area contributed by atoms with E-state index in [0.717, 1.165) is 10.9 Å². The van der Waals surface area contributed by atoms with Gasteiger partial charge in [-0.05, 0) is 17.7 Å². The fourth-order valence-corrected chi connectivity index (χ4v) is 2.41. The lowest BCUT2D eigenvalue weighted by Crippen LogP contribution is -2.12. The lowest BCUT2D eigenvalue weighted by molar-refractivity contribution is 0.142. The van der Waals surface area contributed by atoms with E-state index in [1.807, 2.05) is 42.5 Å². The van der Waals surface area contributed by atoms with Crippen molar-refractivity contribution in [1.82, 2.24) is 4.57 Å². The second-order valence-electron chi connectivity index (χ2n) is 4.99. The number of ether oxygens (including phenoxy) is 3. The minimum absolute atomic E-state index is 0.229. The van der Waals surface area contributed by atoms with Crippen molar-refractivity contribution in [2.75, 3.05) is 14.2 Å². The first-order valence-corrected chi connectivity index (χ1v) is 7.17. The molecule has 0 N–H and O–H groups in total. The summed E-state index contributed by atoms with van der Waals surface area (Å²) in [5.74, 6) is 1.19. The number of carbonyl (C=O) groups excluding carboxylic acids is 1. The molecule has 0 fully saturated rings. The Labute approximate surface area is 134 Å². The number of rotatable bonds is 4. The van der Waals surface area contributed by atoms with Crippen molar-refractivity contribution in [2.45, 2.75) is 6.61 Å². The maximum absolute atomic E-state index is 12.3. The van der Waals surface area contributed by atoms with E-state index in [1.54, 1.807) is 26.5 Å². The Bertz CT molecular complexity index is 824. The van der Waals surface area contributed by atoms with Crippen LogP contribution in [0.1, 0.15) is 5.56 Å². The van der Waals surface area contributed by atoms with Crippen LogP contribution in [0.15, 0.2) is 54.7 Å². The summed E-state index contributed by atoms with van der Waals surface area (Å²) in [6, 6.07) is 15.0. The van der Waals surface area contributed by atoms with Crippen molar-refractivity contribution in [2.24, 2.45) is 0 Å². The van der Waals surface area contributed by atoms with Crippen LogP contribution in [0.2, 0.25) is 0 Å². The van der Waals surface area contributed by atoms with Crippen molar-refractivity contribution in [3.8, 4) is 11.5 Å². The van der Waals surface area contributed by atoms with Gasteiger partial charge in [0.15, 0.2) is 11.5 Å². The number of carbonyl (C=O) groups is 1. The molecule has 5 nitrogen and oxygen atoms in total. The van der Waals surface area contributed by atoms with E-state index in [-0.39, 0.29) is 6.61 Å². The smallest absolute Gasteiger partial charge is 0.418 e. The van der Waals surface area contributed by atoms with Crippen LogP contribution in [0.5, 0.6) is 11.5 Å². The van der Waals surface area contributed by atoms with E-state index in [9.17, 15) is 4.79 Å². The molecule has 0 aliphatic carbocycles. The first-order valence-electron chi connectivity index (χ1n) is 7.17. The number of aromatic nitrogens is 1. The summed E-state index contributed by atoms with van der Waals surface area (Å²) in [6.07, 6.45) is 1.24. The molecule has 0 atom stereocenters. The summed E-state index contributed by atoms with van der Waals surface area (Å²) >= 11 is 0. The van der Waals surface area contributed by atoms with Crippen molar-refractivity contribution < 1.29 is 19.0 Å². The van der Waals surface area contributed by atoms with E-state index in [2.05, 4.69) is 0 Å². The number of hydrogen-bond acceptors (Lipinski definition) is 4. The highest BCUT2D eigenvalue weighted by Gasteiger charge is 2.14. The van der Waals surface area contributed by atoms with Crippen LogP contribution >= 0.6 is 0 Å². The number of methoxy groups -OCH3 is 2. The van der Waals surface area contributed by atoms with Crippen LogP contribution in [0.25, 0.3) is 10.9 Å². The summed E-state index contributed by atoms with van der Waals surface area (Å²) in [5.41, 5.74) is 1.65. The molecule has 2 aromatic carbocycles. The predicted octanol–water partition coefficient (Wildman–Crippen LogP) is 3.84. The first kappa shape index (κ1) is 15.0. The molecule has 0 bridgehead atoms. The van der Waals surface area contributed by atoms with E-state index in [4.69, 9.17) is 14.2 Å². The average molecular weight is 311 g/mol. The van der Waals surface area contributed by atoms with Gasteiger partial charge in [0, 0.05) is 17.6 Å². The zero-order valence-corrected chi connectivity index (χ0v) is 13.0. The second kappa shape index (κ2) is 6.44. The zero-order valence-electron chi connectivity index (χ0n) is 13.0. The molecule has 5 heteroatoms. The quantitative estimate of drug-likeness (QED) is 0.734. The number of nitrogens with zero attached hydrogens (tertiary/aromatic N) is 1. The standard InChI is InChI=1S/C18H17NO4/c1-21-16-10-14-8-9-19(15(14)11-17(16)22-2)18(20)23-12-13-6-4-3-5-7-13/h3-11H,12H2,1-2H3. The van der Waals surface area contributed by atoms with Crippen LogP contribution in [-0.4, -0.2) is 24.9 Å². The van der Waals surface area contributed by atoms with Crippen molar-refractivity contribution in [3.63, 3.8) is 0 Å². The first-order chi connectivity index (χ1) is 11.2. The predicted molar refractivity (Wildman–Crippen MR) is 87.1 cm³/mol. The van der Waals surface area contributed by atoms with Gasteiger partial charge in [-0.2, -0.15) is 0 Å². The van der Waals surface area contributed by atoms with Gasteiger partial charge in [0.05, 0.1) is 19.7 Å². The Morgan fingerprint density at radius 3 is 2.39 bits per heavy atom. The molecule has 0 saturated carbocycles. The third kappa shape index (κ3) is 2.99. The number of hydrogen-bond donors (Lipinski definition) is 0. The Morgan fingerprint density at radius 1 is 1.00 bits per heavy atom. The maximum Gasteiger partial charge on any atom is 0.418 e. The lowest BCUT2D eigenvalue weighted by atomic mass is 10.2. The van der Waals surface area contributed by atoms with Crippen LogP contribution in [0.4, 0.5) is 4.79 Å². The van der Waals surface area contributed by atoms with E-state index < -0.39 is 6.09 Å². The molecule has 0 aliphatic rings. The SMILES string of the molecule is COc1cc2ccn(C(=O)OCc3ccccc3)c2cc1OC. The molecule has 0 unspecified atom stereocenters. The van der Waals surface area contributed by atoms with Gasteiger partial charge in [-0.3, -0.25) is 4.57 Å². The second-order valence-corrected chi connectivity index (χ2v) is 4.99. The highest BCUT2D eigenvalue weighted by atomic mass is 16.5. The molecule has 23 heavy (non-hydrogen) atoms. The summed E-state index contributed by atoms with van der Waals surface area (Å²) in [5, 5.41) is 0.874. The lowest BCUT2D eigenvalue weighted by Gasteiger charge is -2.10. The Balaban J connectivity index is 1.86. The van der Waals surface area contributed by atoms with E-state index in [0.29, 0.717) is 17.0 Å². The summed E-state index contributed by atoms with van der Waals surface area (Å²) in [6.45, 7) is 0.229. The molecule has 0 saturated heterocycles. The summed E-state index contributed by atoms with van der Waals surface area (Å²) < 4.78 is 17.4. The van der Waals surface area contributed by atoms with Gasteiger partial charge in [0.25, 0.3) is 0 Å². The average Bonchev–Trinajstić information content (AvgIpc) is 3.02.